The van der Waals surface area contributed by atoms with E-state index in [0.29, 0.717) is 0 Å². The van der Waals surface area contributed by atoms with Crippen molar-refractivity contribution >= 4 is 11.8 Å². The highest BCUT2D eigenvalue weighted by Crippen LogP contribution is 2.50. The van der Waals surface area contributed by atoms with Gasteiger partial charge >= 0.3 is 5.25 Å². The Morgan fingerprint density at radius 3 is 1.80 bits per heavy atom. The van der Waals surface area contributed by atoms with Gasteiger partial charge in [-0.25, -0.2) is 13.2 Å². The fourth-order valence-corrected chi connectivity index (χ4v) is 1.43. The minimum Gasteiger partial charge on any atom is -0.233 e. The molecule has 1 heterocycles. The first kappa shape index (κ1) is 8.10. The molecule has 1 aliphatic rings. The quantitative estimate of drug-likeness (QED) is 0.513. The monoisotopic (exact) mass is 178 g/mol. The molecule has 1 rings (SSSR count). The molecule has 0 spiro atoms. The average molecular weight is 178 g/mol. The van der Waals surface area contributed by atoms with Gasteiger partial charge in [0.25, 0.3) is 5.92 Å². The molecule has 0 aromatic heterocycles. The molecule has 0 aromatic rings. The van der Waals surface area contributed by atoms with Crippen LogP contribution in [0.2, 0.25) is 0 Å². The van der Waals surface area contributed by atoms with E-state index in [9.17, 15) is 22.0 Å². The molecule has 0 radical (unpaired) electrons. The first-order valence-electron chi connectivity index (χ1n) is 2.40. The standard InChI is InChI=1S/C4H3F5S/c5-2-3(6,7)1-10-4(2,8)9/h2H,1H2. The lowest BCUT2D eigenvalue weighted by atomic mass is 10.2. The number of hydrogen-bond donors (Lipinski definition) is 0. The third kappa shape index (κ3) is 1.09. The van der Waals surface area contributed by atoms with E-state index in [1.54, 1.807) is 0 Å². The Balaban J connectivity index is 2.77. The van der Waals surface area contributed by atoms with Crippen LogP contribution < -0.4 is 0 Å². The predicted molar refractivity (Wildman–Crippen MR) is 27.2 cm³/mol. The summed E-state index contributed by atoms with van der Waals surface area (Å²) < 4.78 is 59.8. The fraction of sp³-hybridized carbons (Fsp3) is 1.00. The zero-order valence-electron chi connectivity index (χ0n) is 4.58. The maximum atomic E-state index is 12.0. The van der Waals surface area contributed by atoms with Crippen LogP contribution in [0.15, 0.2) is 0 Å². The number of rotatable bonds is 0. The van der Waals surface area contributed by atoms with Crippen LogP contribution in [-0.4, -0.2) is 23.1 Å². The van der Waals surface area contributed by atoms with E-state index in [0.717, 1.165) is 0 Å². The second kappa shape index (κ2) is 1.99. The van der Waals surface area contributed by atoms with Crippen LogP contribution in [0.25, 0.3) is 0 Å². The Labute approximate surface area is 57.8 Å². The van der Waals surface area contributed by atoms with Crippen molar-refractivity contribution in [3.8, 4) is 0 Å². The predicted octanol–water partition coefficient (Wildman–Crippen LogP) is 2.30. The summed E-state index contributed by atoms with van der Waals surface area (Å²) in [4.78, 5) is 0. The van der Waals surface area contributed by atoms with Gasteiger partial charge in [0.05, 0.1) is 5.75 Å². The Morgan fingerprint density at radius 1 is 1.20 bits per heavy atom. The molecule has 1 fully saturated rings. The molecular formula is C4H3F5S. The lowest BCUT2D eigenvalue weighted by Crippen LogP contribution is -2.35. The summed E-state index contributed by atoms with van der Waals surface area (Å²) in [5, 5.41) is -3.91. The molecule has 60 valence electrons. The molecule has 0 aromatic carbocycles. The normalized spacial score (nSPS) is 36.3. The number of alkyl halides is 5. The summed E-state index contributed by atoms with van der Waals surface area (Å²) in [6.45, 7) is 0. The van der Waals surface area contributed by atoms with Crippen LogP contribution in [0.5, 0.6) is 0 Å². The molecule has 0 N–H and O–H groups in total. The smallest absolute Gasteiger partial charge is 0.233 e. The molecular weight excluding hydrogens is 175 g/mol. The summed E-state index contributed by atoms with van der Waals surface area (Å²) in [5.74, 6) is -5.00. The second-order valence-electron chi connectivity index (χ2n) is 1.97. The molecule has 0 saturated carbocycles. The average Bonchev–Trinajstić information content (AvgIpc) is 1.95. The maximum absolute atomic E-state index is 12.0. The zero-order valence-corrected chi connectivity index (χ0v) is 5.40. The van der Waals surface area contributed by atoms with Gasteiger partial charge in [0.15, 0.2) is 0 Å². The van der Waals surface area contributed by atoms with Gasteiger partial charge in [-0.2, -0.15) is 8.78 Å². The first-order chi connectivity index (χ1) is 4.36. The fourth-order valence-electron chi connectivity index (χ4n) is 0.585. The lowest BCUT2D eigenvalue weighted by Gasteiger charge is -2.13. The number of thioether (sulfide) groups is 1. The molecule has 1 atom stereocenters. The maximum Gasteiger partial charge on any atom is 0.330 e. The van der Waals surface area contributed by atoms with Crippen LogP contribution in [0, 0.1) is 0 Å². The molecule has 0 bridgehead atoms. The van der Waals surface area contributed by atoms with Gasteiger partial charge in [0, 0.05) is 0 Å². The molecule has 0 nitrogen and oxygen atoms in total. The van der Waals surface area contributed by atoms with Crippen molar-refractivity contribution in [1.29, 1.82) is 0 Å². The van der Waals surface area contributed by atoms with Crippen molar-refractivity contribution in [2.45, 2.75) is 17.3 Å². The summed E-state index contributed by atoms with van der Waals surface area (Å²) in [7, 11) is 0. The zero-order chi connectivity index (χ0) is 7.99. The lowest BCUT2D eigenvalue weighted by molar-refractivity contribution is -0.111. The van der Waals surface area contributed by atoms with E-state index in [-0.39, 0.29) is 11.8 Å². The highest BCUT2D eigenvalue weighted by atomic mass is 32.2. The van der Waals surface area contributed by atoms with Crippen molar-refractivity contribution in [2.24, 2.45) is 0 Å². The third-order valence-electron chi connectivity index (χ3n) is 1.12. The van der Waals surface area contributed by atoms with Gasteiger partial charge in [0.2, 0.25) is 6.17 Å². The summed E-state index contributed by atoms with van der Waals surface area (Å²) >= 11 is -0.344. The van der Waals surface area contributed by atoms with E-state index in [1.165, 1.54) is 0 Å². The SMILES string of the molecule is FC1C(F)(F)CSC1(F)F. The molecule has 0 aliphatic carbocycles. The van der Waals surface area contributed by atoms with Gasteiger partial charge in [-0.05, 0) is 0 Å². The summed E-state index contributed by atoms with van der Waals surface area (Å²) in [6, 6.07) is 0. The highest BCUT2D eigenvalue weighted by molar-refractivity contribution is 8.00. The van der Waals surface area contributed by atoms with Crippen molar-refractivity contribution in [3.63, 3.8) is 0 Å². The molecule has 1 aliphatic heterocycles. The second-order valence-corrected chi connectivity index (χ2v) is 3.10. The molecule has 1 saturated heterocycles. The van der Waals surface area contributed by atoms with Crippen LogP contribution in [0.4, 0.5) is 22.0 Å². The molecule has 6 heteroatoms. The number of halogens is 5. The van der Waals surface area contributed by atoms with Gasteiger partial charge in [-0.15, -0.1) is 0 Å². The summed E-state index contributed by atoms with van der Waals surface area (Å²) in [6.07, 6.45) is -3.33. The molecule has 1 unspecified atom stereocenters. The van der Waals surface area contributed by atoms with E-state index in [2.05, 4.69) is 0 Å². The Kier molecular flexibility index (Phi) is 1.61. The molecule has 10 heavy (non-hydrogen) atoms. The Hall–Kier alpha value is -0.0000000000000000555. The van der Waals surface area contributed by atoms with Crippen LogP contribution in [0.1, 0.15) is 0 Å². The van der Waals surface area contributed by atoms with Crippen LogP contribution >= 0.6 is 11.8 Å². The minimum atomic E-state index is -3.91. The minimum absolute atomic E-state index is 0.344. The van der Waals surface area contributed by atoms with Crippen molar-refractivity contribution in [2.75, 3.05) is 5.75 Å². The van der Waals surface area contributed by atoms with E-state index < -0.39 is 23.1 Å². The van der Waals surface area contributed by atoms with Gasteiger partial charge in [-0.1, -0.05) is 11.8 Å². The van der Waals surface area contributed by atoms with Crippen molar-refractivity contribution in [1.82, 2.24) is 0 Å². The van der Waals surface area contributed by atoms with Crippen LogP contribution in [-0.2, 0) is 0 Å². The van der Waals surface area contributed by atoms with Crippen molar-refractivity contribution < 1.29 is 22.0 Å². The van der Waals surface area contributed by atoms with Crippen LogP contribution in [0.3, 0.4) is 0 Å². The van der Waals surface area contributed by atoms with E-state index in [4.69, 9.17) is 0 Å². The van der Waals surface area contributed by atoms with Gasteiger partial charge in [-0.3, -0.25) is 0 Å². The Bertz CT molecular complexity index is 129. The van der Waals surface area contributed by atoms with Gasteiger partial charge in [0.1, 0.15) is 0 Å². The van der Waals surface area contributed by atoms with Gasteiger partial charge < -0.3 is 0 Å². The van der Waals surface area contributed by atoms with E-state index in [1.807, 2.05) is 0 Å². The first-order valence-corrected chi connectivity index (χ1v) is 3.38. The number of hydrogen-bond acceptors (Lipinski definition) is 1. The third-order valence-corrected chi connectivity index (χ3v) is 2.24. The van der Waals surface area contributed by atoms with Crippen molar-refractivity contribution in [3.05, 3.63) is 0 Å². The topological polar surface area (TPSA) is 0 Å². The van der Waals surface area contributed by atoms with E-state index >= 15 is 0 Å². The molecule has 0 amide bonds. The highest BCUT2D eigenvalue weighted by Gasteiger charge is 2.63. The Morgan fingerprint density at radius 2 is 1.70 bits per heavy atom. The summed E-state index contributed by atoms with van der Waals surface area (Å²) in [5.41, 5.74) is 0. The largest absolute Gasteiger partial charge is 0.330 e.